The van der Waals surface area contributed by atoms with Crippen molar-refractivity contribution in [2.75, 3.05) is 13.1 Å². The van der Waals surface area contributed by atoms with Crippen LogP contribution in [0.5, 0.6) is 0 Å². The summed E-state index contributed by atoms with van der Waals surface area (Å²) in [6.07, 6.45) is 0. The first-order chi connectivity index (χ1) is 8.40. The Balaban J connectivity index is 3.13. The van der Waals surface area contributed by atoms with Gasteiger partial charge in [-0.25, -0.2) is 13.2 Å². The smallest absolute Gasteiger partial charge is 0.257 e. The molecular formula is C12H15F3N2O. The molecule has 0 heterocycles. The Hall–Kier alpha value is -1.56. The predicted molar refractivity (Wildman–Crippen MR) is 61.5 cm³/mol. The molecule has 6 heteroatoms. The number of benzene rings is 1. The quantitative estimate of drug-likeness (QED) is 0.841. The van der Waals surface area contributed by atoms with E-state index in [-0.39, 0.29) is 19.1 Å². The van der Waals surface area contributed by atoms with Gasteiger partial charge in [0, 0.05) is 19.1 Å². The van der Waals surface area contributed by atoms with Gasteiger partial charge in [-0.15, -0.1) is 0 Å². The standard InChI is InChI=1S/C12H15F3N2O/c1-7(2)17(6-5-16)12(18)8-3-4-9(13)11(15)10(8)14/h3-4,7H,5-6,16H2,1-2H3. The molecular weight excluding hydrogens is 245 g/mol. The zero-order valence-electron chi connectivity index (χ0n) is 10.2. The van der Waals surface area contributed by atoms with Gasteiger partial charge in [0.25, 0.3) is 5.91 Å². The fourth-order valence-corrected chi connectivity index (χ4v) is 1.58. The molecule has 0 aromatic heterocycles. The summed E-state index contributed by atoms with van der Waals surface area (Å²) in [6.45, 7) is 3.88. The van der Waals surface area contributed by atoms with Crippen LogP contribution in [0, 0.1) is 17.5 Å². The molecule has 1 rings (SSSR count). The third-order valence-corrected chi connectivity index (χ3v) is 2.52. The number of halogens is 3. The molecule has 0 saturated heterocycles. The van der Waals surface area contributed by atoms with E-state index in [2.05, 4.69) is 0 Å². The Kier molecular flexibility index (Phi) is 4.72. The van der Waals surface area contributed by atoms with Gasteiger partial charge in [-0.1, -0.05) is 0 Å². The second kappa shape index (κ2) is 5.86. The van der Waals surface area contributed by atoms with Gasteiger partial charge in [-0.05, 0) is 26.0 Å². The van der Waals surface area contributed by atoms with Crippen LogP contribution >= 0.6 is 0 Å². The maximum atomic E-state index is 13.5. The summed E-state index contributed by atoms with van der Waals surface area (Å²) in [5.41, 5.74) is 4.86. The maximum Gasteiger partial charge on any atom is 0.257 e. The number of hydrogen-bond acceptors (Lipinski definition) is 2. The van der Waals surface area contributed by atoms with E-state index in [9.17, 15) is 18.0 Å². The zero-order valence-corrected chi connectivity index (χ0v) is 10.2. The molecule has 0 aliphatic carbocycles. The minimum atomic E-state index is -1.64. The first-order valence-electron chi connectivity index (χ1n) is 5.54. The summed E-state index contributed by atoms with van der Waals surface area (Å²) < 4.78 is 39.3. The van der Waals surface area contributed by atoms with E-state index >= 15 is 0 Å². The second-order valence-corrected chi connectivity index (χ2v) is 4.10. The van der Waals surface area contributed by atoms with Crippen LogP contribution in [-0.4, -0.2) is 29.9 Å². The van der Waals surface area contributed by atoms with Crippen LogP contribution in [0.3, 0.4) is 0 Å². The highest BCUT2D eigenvalue weighted by Crippen LogP contribution is 2.17. The van der Waals surface area contributed by atoms with Crippen molar-refractivity contribution in [2.45, 2.75) is 19.9 Å². The lowest BCUT2D eigenvalue weighted by atomic mass is 10.1. The Morgan fingerprint density at radius 3 is 2.39 bits per heavy atom. The van der Waals surface area contributed by atoms with Gasteiger partial charge in [0.15, 0.2) is 17.5 Å². The summed E-state index contributed by atoms with van der Waals surface area (Å²) in [5, 5.41) is 0. The number of amides is 1. The largest absolute Gasteiger partial charge is 0.335 e. The molecule has 0 unspecified atom stereocenters. The van der Waals surface area contributed by atoms with E-state index in [1.807, 2.05) is 0 Å². The SMILES string of the molecule is CC(C)N(CCN)C(=O)c1ccc(F)c(F)c1F. The first-order valence-corrected chi connectivity index (χ1v) is 5.54. The lowest BCUT2D eigenvalue weighted by Gasteiger charge is -2.26. The van der Waals surface area contributed by atoms with Crippen LogP contribution in [0.1, 0.15) is 24.2 Å². The van der Waals surface area contributed by atoms with Gasteiger partial charge in [0.05, 0.1) is 5.56 Å². The summed E-state index contributed by atoms with van der Waals surface area (Å²) in [6, 6.07) is 1.45. The van der Waals surface area contributed by atoms with Crippen molar-refractivity contribution in [1.82, 2.24) is 4.90 Å². The van der Waals surface area contributed by atoms with Gasteiger partial charge in [-0.2, -0.15) is 0 Å². The van der Waals surface area contributed by atoms with Gasteiger partial charge >= 0.3 is 0 Å². The van der Waals surface area contributed by atoms with Crippen molar-refractivity contribution in [2.24, 2.45) is 5.73 Å². The summed E-state index contributed by atoms with van der Waals surface area (Å²) in [5.74, 6) is -5.13. The minimum absolute atomic E-state index is 0.204. The number of nitrogens with zero attached hydrogens (tertiary/aromatic N) is 1. The van der Waals surface area contributed by atoms with Gasteiger partial charge in [-0.3, -0.25) is 4.79 Å². The first kappa shape index (κ1) is 14.5. The number of nitrogens with two attached hydrogens (primary N) is 1. The number of rotatable bonds is 4. The third-order valence-electron chi connectivity index (χ3n) is 2.52. The molecule has 1 aromatic rings. The van der Waals surface area contributed by atoms with Crippen LogP contribution in [-0.2, 0) is 0 Å². The lowest BCUT2D eigenvalue weighted by molar-refractivity contribution is 0.0705. The number of carbonyl (C=O) groups excluding carboxylic acids is 1. The molecule has 1 amide bonds. The van der Waals surface area contributed by atoms with E-state index < -0.39 is 28.9 Å². The second-order valence-electron chi connectivity index (χ2n) is 4.10. The normalized spacial score (nSPS) is 10.8. The molecule has 0 radical (unpaired) electrons. The Bertz CT molecular complexity index is 449. The van der Waals surface area contributed by atoms with Crippen molar-refractivity contribution in [3.8, 4) is 0 Å². The van der Waals surface area contributed by atoms with Gasteiger partial charge < -0.3 is 10.6 Å². The molecule has 0 aliphatic heterocycles. The summed E-state index contributed by atoms with van der Waals surface area (Å²) >= 11 is 0. The van der Waals surface area contributed by atoms with Crippen molar-refractivity contribution in [3.63, 3.8) is 0 Å². The number of carbonyl (C=O) groups is 1. The molecule has 1 aromatic carbocycles. The Labute approximate surface area is 103 Å². The molecule has 0 saturated carbocycles. The van der Waals surface area contributed by atoms with E-state index in [4.69, 9.17) is 5.73 Å². The zero-order chi connectivity index (χ0) is 13.9. The summed E-state index contributed by atoms with van der Waals surface area (Å²) in [4.78, 5) is 13.3. The maximum absolute atomic E-state index is 13.5. The highest BCUT2D eigenvalue weighted by molar-refractivity contribution is 5.94. The fourth-order valence-electron chi connectivity index (χ4n) is 1.58. The molecule has 18 heavy (non-hydrogen) atoms. The third kappa shape index (κ3) is 2.81. The molecule has 0 atom stereocenters. The highest BCUT2D eigenvalue weighted by Gasteiger charge is 2.24. The minimum Gasteiger partial charge on any atom is -0.335 e. The van der Waals surface area contributed by atoms with Crippen molar-refractivity contribution in [3.05, 3.63) is 35.1 Å². The molecule has 100 valence electrons. The Morgan fingerprint density at radius 1 is 1.28 bits per heavy atom. The van der Waals surface area contributed by atoms with Gasteiger partial charge in [0.1, 0.15) is 0 Å². The topological polar surface area (TPSA) is 46.3 Å². The average Bonchev–Trinajstić information content (AvgIpc) is 2.32. The molecule has 2 N–H and O–H groups in total. The molecule has 3 nitrogen and oxygen atoms in total. The molecule has 0 aliphatic rings. The van der Waals surface area contributed by atoms with Crippen LogP contribution in [0.25, 0.3) is 0 Å². The monoisotopic (exact) mass is 260 g/mol. The van der Waals surface area contributed by atoms with E-state index in [1.165, 1.54) is 4.90 Å². The average molecular weight is 260 g/mol. The summed E-state index contributed by atoms with van der Waals surface area (Å²) in [7, 11) is 0. The van der Waals surface area contributed by atoms with Crippen molar-refractivity contribution < 1.29 is 18.0 Å². The van der Waals surface area contributed by atoms with Crippen LogP contribution in [0.15, 0.2) is 12.1 Å². The highest BCUT2D eigenvalue weighted by atomic mass is 19.2. The van der Waals surface area contributed by atoms with Gasteiger partial charge in [0.2, 0.25) is 0 Å². The predicted octanol–water partition coefficient (Wildman–Crippen LogP) is 1.91. The van der Waals surface area contributed by atoms with E-state index in [0.29, 0.717) is 0 Å². The van der Waals surface area contributed by atoms with E-state index in [1.54, 1.807) is 13.8 Å². The number of hydrogen-bond donors (Lipinski definition) is 1. The molecule has 0 spiro atoms. The van der Waals surface area contributed by atoms with Crippen LogP contribution in [0.4, 0.5) is 13.2 Å². The molecule has 0 bridgehead atoms. The van der Waals surface area contributed by atoms with Crippen LogP contribution in [0.2, 0.25) is 0 Å². The molecule has 0 fully saturated rings. The Morgan fingerprint density at radius 2 is 1.89 bits per heavy atom. The van der Waals surface area contributed by atoms with Crippen molar-refractivity contribution >= 4 is 5.91 Å². The van der Waals surface area contributed by atoms with Crippen LogP contribution < -0.4 is 5.73 Å². The van der Waals surface area contributed by atoms with Crippen molar-refractivity contribution in [1.29, 1.82) is 0 Å². The lowest BCUT2D eigenvalue weighted by Crippen LogP contribution is -2.40. The van der Waals surface area contributed by atoms with E-state index in [0.717, 1.165) is 12.1 Å². The fraction of sp³-hybridized carbons (Fsp3) is 0.417.